The Morgan fingerprint density at radius 1 is 1.13 bits per heavy atom. The number of benzene rings is 1. The van der Waals surface area contributed by atoms with Crippen LogP contribution in [-0.4, -0.2) is 8.42 Å². The molecule has 0 fully saturated rings. The second kappa shape index (κ2) is 4.64. The topological polar surface area (TPSA) is 46.5 Å². The molecule has 0 aliphatic rings. The minimum absolute atomic E-state index is 0.0272. The Labute approximate surface area is 103 Å². The minimum atomic E-state index is -3.86. The summed E-state index contributed by atoms with van der Waals surface area (Å²) in [5, 5.41) is -3.26. The van der Waals surface area contributed by atoms with Crippen LogP contribution in [0.25, 0.3) is 0 Å². The van der Waals surface area contributed by atoms with Crippen LogP contribution in [0.5, 0.6) is 0 Å². The monoisotopic (exact) mass is 306 g/mol. The fourth-order valence-corrected chi connectivity index (χ4v) is 4.91. The molecular weight excluding hydrogens is 300 g/mol. The highest BCUT2D eigenvalue weighted by Gasteiger charge is 2.18. The molecule has 0 aliphatic heterocycles. The zero-order valence-electron chi connectivity index (χ0n) is 7.56. The van der Waals surface area contributed by atoms with E-state index in [1.54, 1.807) is 12.1 Å². The molecule has 0 radical (unpaired) electrons. The van der Waals surface area contributed by atoms with Crippen LogP contribution in [0, 0.1) is 6.92 Å². The maximum atomic E-state index is 11.6. The zero-order chi connectivity index (χ0) is 11.7. The van der Waals surface area contributed by atoms with Crippen molar-refractivity contribution in [3.05, 3.63) is 29.8 Å². The molecule has 8 heteroatoms. The highest BCUT2D eigenvalue weighted by Crippen LogP contribution is 2.66. The normalized spacial score (nSPS) is 12.5. The van der Waals surface area contributed by atoms with Crippen LogP contribution in [0.15, 0.2) is 33.3 Å². The molecule has 0 saturated carbocycles. The third-order valence-corrected chi connectivity index (χ3v) is 5.65. The molecular formula is C7H7Cl3NO2PS. The van der Waals surface area contributed by atoms with E-state index in [0.29, 0.717) is 0 Å². The lowest BCUT2D eigenvalue weighted by Gasteiger charge is -2.01. The first-order valence-corrected chi connectivity index (χ1v) is 9.65. The first-order valence-electron chi connectivity index (χ1n) is 3.75. The average Bonchev–Trinajstić information content (AvgIpc) is 2.00. The molecule has 15 heavy (non-hydrogen) atoms. The van der Waals surface area contributed by atoms with E-state index in [4.69, 9.17) is 33.7 Å². The Morgan fingerprint density at radius 3 is 2.00 bits per heavy atom. The standard InChI is InChI=1S/C7H7Cl3NO2PS/c1-6-2-4-7(5-3-6)15(12,13)11-14(8,9)10/h2-5H,1H3/i11+1. The molecule has 0 atom stereocenters. The Balaban J connectivity index is 3.25. The average molecular weight is 308 g/mol. The molecule has 0 bridgehead atoms. The van der Waals surface area contributed by atoms with Crippen molar-refractivity contribution >= 4 is 48.9 Å². The van der Waals surface area contributed by atoms with Crippen LogP contribution >= 0.6 is 38.8 Å². The first-order chi connectivity index (χ1) is 6.71. The fourth-order valence-electron chi connectivity index (χ4n) is 0.879. The second-order valence-electron chi connectivity index (χ2n) is 2.79. The lowest BCUT2D eigenvalue weighted by atomic mass is 10.2. The molecule has 1 aromatic carbocycles. The SMILES string of the molecule is Cc1ccc(S(=O)(=O)[15N]=P(Cl)(Cl)Cl)cc1. The van der Waals surface area contributed by atoms with E-state index in [9.17, 15) is 8.42 Å². The van der Waals surface area contributed by atoms with Crippen molar-refractivity contribution in [3.8, 4) is 0 Å². The number of halogens is 3. The van der Waals surface area contributed by atoms with Gasteiger partial charge in [0, 0.05) is 0 Å². The van der Waals surface area contributed by atoms with Gasteiger partial charge >= 0.3 is 0 Å². The van der Waals surface area contributed by atoms with Crippen molar-refractivity contribution < 1.29 is 8.42 Å². The summed E-state index contributed by atoms with van der Waals surface area (Å²) in [5.74, 6) is 0. The van der Waals surface area contributed by atoms with Crippen LogP contribution < -0.4 is 0 Å². The lowest BCUT2D eigenvalue weighted by Crippen LogP contribution is -1.94. The second-order valence-corrected chi connectivity index (χ2v) is 11.7. The summed E-state index contributed by atoms with van der Waals surface area (Å²) >= 11 is 16.2. The predicted octanol–water partition coefficient (Wildman–Crippen LogP) is 4.35. The van der Waals surface area contributed by atoms with Crippen LogP contribution in [0.4, 0.5) is 0 Å². The lowest BCUT2D eigenvalue weighted by molar-refractivity contribution is 0.598. The Bertz CT molecular complexity index is 497. The van der Waals surface area contributed by atoms with Gasteiger partial charge in [-0.2, -0.15) is 8.42 Å². The van der Waals surface area contributed by atoms with Crippen molar-refractivity contribution in [2.24, 2.45) is 4.15 Å². The highest BCUT2D eigenvalue weighted by atomic mass is 36.0. The largest absolute Gasteiger partial charge is 0.284 e. The third-order valence-electron chi connectivity index (χ3n) is 1.52. The van der Waals surface area contributed by atoms with E-state index in [1.165, 1.54) is 12.1 Å². The quantitative estimate of drug-likeness (QED) is 0.602. The van der Waals surface area contributed by atoms with Crippen molar-refractivity contribution in [2.75, 3.05) is 0 Å². The minimum Gasteiger partial charge on any atom is -0.199 e. The molecule has 84 valence electrons. The maximum absolute atomic E-state index is 11.6. The van der Waals surface area contributed by atoms with Gasteiger partial charge in [-0.3, -0.25) is 0 Å². The Hall–Kier alpha value is 0.270. The summed E-state index contributed by atoms with van der Waals surface area (Å²) < 4.78 is 26.4. The smallest absolute Gasteiger partial charge is 0.199 e. The van der Waals surface area contributed by atoms with Crippen molar-refractivity contribution in [1.29, 1.82) is 0 Å². The highest BCUT2D eigenvalue weighted by molar-refractivity contribution is 8.28. The molecule has 0 aromatic heterocycles. The summed E-state index contributed by atoms with van der Waals surface area (Å²) in [6.07, 6.45) is 0. The molecule has 3 nitrogen and oxygen atoms in total. The first kappa shape index (κ1) is 13.3. The molecule has 0 N–H and O–H groups in total. The number of aryl methyl sites for hydroxylation is 1. The summed E-state index contributed by atoms with van der Waals surface area (Å²) in [6, 6.07) is 6.15. The molecule has 0 aliphatic carbocycles. The maximum Gasteiger partial charge on any atom is 0.284 e. The van der Waals surface area contributed by atoms with Gasteiger partial charge in [-0.15, -0.1) is 4.15 Å². The van der Waals surface area contributed by atoms with Crippen LogP contribution in [0.3, 0.4) is 0 Å². The van der Waals surface area contributed by atoms with Gasteiger partial charge in [-0.05, 0) is 52.8 Å². The number of rotatable bonds is 2. The van der Waals surface area contributed by atoms with E-state index in [1.807, 2.05) is 6.92 Å². The van der Waals surface area contributed by atoms with Gasteiger partial charge in [0.05, 0.1) is 4.90 Å². The van der Waals surface area contributed by atoms with E-state index in [-0.39, 0.29) is 4.90 Å². The Kier molecular flexibility index (Phi) is 4.13. The van der Waals surface area contributed by atoms with E-state index < -0.39 is 15.1 Å². The summed E-state index contributed by atoms with van der Waals surface area (Å²) in [4.78, 5) is 0.0272. The van der Waals surface area contributed by atoms with Gasteiger partial charge < -0.3 is 0 Å². The number of sulfonamides is 1. The van der Waals surface area contributed by atoms with Gasteiger partial charge in [0.1, 0.15) is 0 Å². The fraction of sp³-hybridized carbons (Fsp3) is 0.143. The van der Waals surface area contributed by atoms with E-state index in [2.05, 4.69) is 4.15 Å². The number of hydrogen-bond donors (Lipinski definition) is 0. The van der Waals surface area contributed by atoms with Crippen molar-refractivity contribution in [2.45, 2.75) is 11.8 Å². The van der Waals surface area contributed by atoms with Crippen LogP contribution in [-0.2, 0) is 10.0 Å². The number of hydrogen-bond acceptors (Lipinski definition) is 2. The van der Waals surface area contributed by atoms with Gasteiger partial charge in [0.2, 0.25) is 5.11 Å². The summed E-state index contributed by atoms with van der Waals surface area (Å²) in [5.41, 5.74) is 0.942. The molecule has 1 aromatic rings. The predicted molar refractivity (Wildman–Crippen MR) is 65.3 cm³/mol. The van der Waals surface area contributed by atoms with Crippen molar-refractivity contribution in [1.82, 2.24) is 0 Å². The Morgan fingerprint density at radius 2 is 1.60 bits per heavy atom. The zero-order valence-corrected chi connectivity index (χ0v) is 11.5. The van der Waals surface area contributed by atoms with Gasteiger partial charge in [-0.1, -0.05) is 17.7 Å². The number of nitrogens with zero attached hydrogens (tertiary/aromatic N) is 1. The third kappa shape index (κ3) is 4.33. The van der Waals surface area contributed by atoms with E-state index >= 15 is 0 Å². The van der Waals surface area contributed by atoms with Gasteiger partial charge in [0.15, 0.2) is 0 Å². The molecule has 0 saturated heterocycles. The molecule has 0 heterocycles. The van der Waals surface area contributed by atoms with Gasteiger partial charge in [0.25, 0.3) is 10.0 Å². The molecule has 0 unspecified atom stereocenters. The van der Waals surface area contributed by atoms with Crippen LogP contribution in [0.2, 0.25) is 0 Å². The van der Waals surface area contributed by atoms with Crippen molar-refractivity contribution in [3.63, 3.8) is 0 Å². The van der Waals surface area contributed by atoms with Gasteiger partial charge in [-0.25, -0.2) is 0 Å². The van der Waals surface area contributed by atoms with E-state index in [0.717, 1.165) is 5.56 Å². The molecule has 1 rings (SSSR count). The summed E-state index contributed by atoms with van der Waals surface area (Å²) in [6.45, 7) is 1.84. The summed E-state index contributed by atoms with van der Waals surface area (Å²) in [7, 11) is -3.86. The molecule has 0 spiro atoms. The van der Waals surface area contributed by atoms with Crippen LogP contribution in [0.1, 0.15) is 5.56 Å². The molecule has 0 amide bonds.